The van der Waals surface area contributed by atoms with Crippen LogP contribution in [0.15, 0.2) is 48.2 Å². The van der Waals surface area contributed by atoms with Gasteiger partial charge in [-0.05, 0) is 37.1 Å². The van der Waals surface area contributed by atoms with E-state index in [1.807, 2.05) is 37.3 Å². The Morgan fingerprint density at radius 3 is 2.62 bits per heavy atom. The van der Waals surface area contributed by atoms with E-state index in [2.05, 4.69) is 6.92 Å². The van der Waals surface area contributed by atoms with Crippen LogP contribution in [0.3, 0.4) is 0 Å². The normalized spacial score (nSPS) is 15.3. The number of aryl methyl sites for hydroxylation is 1. The van der Waals surface area contributed by atoms with E-state index in [0.29, 0.717) is 23.7 Å². The number of unbranched alkanes of at least 4 members (excludes halogenated alkanes) is 1. The maximum absolute atomic E-state index is 12.9. The van der Waals surface area contributed by atoms with Crippen molar-refractivity contribution in [3.05, 3.63) is 59.4 Å². The number of fused-ring (bicyclic) bond motifs is 1. The fourth-order valence-corrected chi connectivity index (χ4v) is 2.68. The Hall–Kier alpha value is -2.75. The Balaban J connectivity index is 1.99. The zero-order valence-electron chi connectivity index (χ0n) is 14.1. The molecular weight excluding hydrogens is 300 g/mol. The molecule has 0 fully saturated rings. The smallest absolute Gasteiger partial charge is 0.294 e. The Bertz CT molecular complexity index is 779. The first kappa shape index (κ1) is 16.1. The lowest BCUT2D eigenvalue weighted by Crippen LogP contribution is -2.38. The first-order valence-corrected chi connectivity index (χ1v) is 8.26. The zero-order valence-corrected chi connectivity index (χ0v) is 14.1. The molecule has 0 aromatic heterocycles. The summed E-state index contributed by atoms with van der Waals surface area (Å²) in [6.07, 6.45) is 3.74. The Morgan fingerprint density at radius 2 is 1.92 bits per heavy atom. The summed E-state index contributed by atoms with van der Waals surface area (Å²) in [5.41, 5.74) is 9.39. The molecule has 4 nitrogen and oxygen atoms in total. The van der Waals surface area contributed by atoms with Crippen molar-refractivity contribution in [1.82, 2.24) is 0 Å². The number of carbonyl (C=O) groups is 1. The zero-order chi connectivity index (χ0) is 17.1. The predicted molar refractivity (Wildman–Crippen MR) is 97.9 cm³/mol. The molecule has 2 aromatic carbocycles. The second kappa shape index (κ2) is 6.79. The third kappa shape index (κ3) is 3.27. The number of nitrogen functional groups attached to an aromatic ring is 1. The van der Waals surface area contributed by atoms with Crippen LogP contribution < -0.4 is 15.4 Å². The van der Waals surface area contributed by atoms with Gasteiger partial charge in [-0.2, -0.15) is 0 Å². The van der Waals surface area contributed by atoms with E-state index in [1.165, 1.54) is 5.56 Å². The van der Waals surface area contributed by atoms with Crippen molar-refractivity contribution in [3.8, 4) is 5.75 Å². The molecule has 0 unspecified atom stereocenters. The summed E-state index contributed by atoms with van der Waals surface area (Å²) < 4.78 is 5.86. The van der Waals surface area contributed by atoms with Crippen molar-refractivity contribution in [2.24, 2.45) is 0 Å². The van der Waals surface area contributed by atoms with Gasteiger partial charge in [0.1, 0.15) is 0 Å². The van der Waals surface area contributed by atoms with Crippen LogP contribution in [-0.2, 0) is 4.79 Å². The molecule has 3 rings (SSSR count). The standard InChI is InChI=1S/C20H22N2O2/c1-3-4-11-22-17-10-9-16(21)13-18(17)24-19(20(22)23)12-15-7-5-14(2)6-8-15/h5-10,12-13H,3-4,11,21H2,1-2H3/b19-12+. The van der Waals surface area contributed by atoms with Gasteiger partial charge in [-0.15, -0.1) is 0 Å². The molecule has 0 saturated heterocycles. The van der Waals surface area contributed by atoms with Crippen LogP contribution in [0.5, 0.6) is 5.75 Å². The summed E-state index contributed by atoms with van der Waals surface area (Å²) in [5, 5.41) is 0. The summed E-state index contributed by atoms with van der Waals surface area (Å²) in [4.78, 5) is 14.6. The molecule has 0 saturated carbocycles. The largest absolute Gasteiger partial charge is 0.449 e. The van der Waals surface area contributed by atoms with Crippen molar-refractivity contribution in [1.29, 1.82) is 0 Å². The average molecular weight is 322 g/mol. The molecule has 4 heteroatoms. The summed E-state index contributed by atoms with van der Waals surface area (Å²) in [6, 6.07) is 13.4. The van der Waals surface area contributed by atoms with Crippen LogP contribution in [0.4, 0.5) is 11.4 Å². The summed E-state index contributed by atoms with van der Waals surface area (Å²) in [5.74, 6) is 0.846. The summed E-state index contributed by atoms with van der Waals surface area (Å²) in [6.45, 7) is 4.81. The highest BCUT2D eigenvalue weighted by Gasteiger charge is 2.29. The van der Waals surface area contributed by atoms with Crippen LogP contribution in [0.2, 0.25) is 0 Å². The van der Waals surface area contributed by atoms with Crippen LogP contribution >= 0.6 is 0 Å². The van der Waals surface area contributed by atoms with Gasteiger partial charge in [0.25, 0.3) is 5.91 Å². The van der Waals surface area contributed by atoms with Gasteiger partial charge in [0.15, 0.2) is 11.5 Å². The average Bonchev–Trinajstić information content (AvgIpc) is 2.57. The molecule has 0 atom stereocenters. The van der Waals surface area contributed by atoms with Gasteiger partial charge in [-0.1, -0.05) is 43.2 Å². The van der Waals surface area contributed by atoms with Crippen molar-refractivity contribution in [2.45, 2.75) is 26.7 Å². The third-order valence-electron chi connectivity index (χ3n) is 4.06. The summed E-state index contributed by atoms with van der Waals surface area (Å²) in [7, 11) is 0. The molecular formula is C20H22N2O2. The fourth-order valence-electron chi connectivity index (χ4n) is 2.68. The van der Waals surface area contributed by atoms with E-state index in [0.717, 1.165) is 24.1 Å². The van der Waals surface area contributed by atoms with Crippen molar-refractivity contribution in [3.63, 3.8) is 0 Å². The van der Waals surface area contributed by atoms with Gasteiger partial charge in [0, 0.05) is 18.3 Å². The first-order valence-electron chi connectivity index (χ1n) is 8.26. The van der Waals surface area contributed by atoms with Crippen molar-refractivity contribution >= 4 is 23.4 Å². The maximum Gasteiger partial charge on any atom is 0.294 e. The van der Waals surface area contributed by atoms with Crippen LogP contribution in [0.1, 0.15) is 30.9 Å². The van der Waals surface area contributed by atoms with Crippen LogP contribution in [0.25, 0.3) is 6.08 Å². The molecule has 24 heavy (non-hydrogen) atoms. The molecule has 1 aliphatic heterocycles. The van der Waals surface area contributed by atoms with Gasteiger partial charge >= 0.3 is 0 Å². The molecule has 2 N–H and O–H groups in total. The Morgan fingerprint density at radius 1 is 1.17 bits per heavy atom. The highest BCUT2D eigenvalue weighted by atomic mass is 16.5. The highest BCUT2D eigenvalue weighted by Crippen LogP contribution is 2.37. The minimum atomic E-state index is -0.110. The van der Waals surface area contributed by atoms with Gasteiger partial charge in [-0.3, -0.25) is 4.79 Å². The van der Waals surface area contributed by atoms with Crippen LogP contribution in [0, 0.1) is 6.92 Å². The summed E-state index contributed by atoms with van der Waals surface area (Å²) >= 11 is 0. The molecule has 1 heterocycles. The van der Waals surface area contributed by atoms with Crippen molar-refractivity contribution in [2.75, 3.05) is 17.2 Å². The number of amides is 1. The third-order valence-corrected chi connectivity index (χ3v) is 4.06. The Labute approximate surface area is 142 Å². The lowest BCUT2D eigenvalue weighted by Gasteiger charge is -2.30. The van der Waals surface area contributed by atoms with E-state index < -0.39 is 0 Å². The molecule has 124 valence electrons. The van der Waals surface area contributed by atoms with E-state index in [4.69, 9.17) is 10.5 Å². The van der Waals surface area contributed by atoms with Gasteiger partial charge in [-0.25, -0.2) is 0 Å². The second-order valence-corrected chi connectivity index (χ2v) is 6.06. The molecule has 1 amide bonds. The van der Waals surface area contributed by atoms with E-state index in [-0.39, 0.29) is 5.91 Å². The molecule has 0 spiro atoms. The number of hydrogen-bond acceptors (Lipinski definition) is 3. The minimum Gasteiger partial charge on any atom is -0.449 e. The Kier molecular flexibility index (Phi) is 4.56. The number of nitrogens with two attached hydrogens (primary N) is 1. The van der Waals surface area contributed by atoms with E-state index in [1.54, 1.807) is 23.1 Å². The van der Waals surface area contributed by atoms with Gasteiger partial charge < -0.3 is 15.4 Å². The number of nitrogens with zero attached hydrogens (tertiary/aromatic N) is 1. The lowest BCUT2D eigenvalue weighted by molar-refractivity contribution is -0.117. The highest BCUT2D eigenvalue weighted by molar-refractivity contribution is 6.10. The molecule has 0 radical (unpaired) electrons. The molecule has 0 bridgehead atoms. The number of anilines is 2. The number of benzene rings is 2. The van der Waals surface area contributed by atoms with E-state index >= 15 is 0 Å². The predicted octanol–water partition coefficient (Wildman–Crippen LogP) is 4.14. The molecule has 0 aliphatic carbocycles. The number of carbonyl (C=O) groups excluding carboxylic acids is 1. The first-order chi connectivity index (χ1) is 11.6. The molecule has 2 aromatic rings. The van der Waals surface area contributed by atoms with Gasteiger partial charge in [0.2, 0.25) is 0 Å². The monoisotopic (exact) mass is 322 g/mol. The number of rotatable bonds is 4. The second-order valence-electron chi connectivity index (χ2n) is 6.06. The van der Waals surface area contributed by atoms with Crippen molar-refractivity contribution < 1.29 is 9.53 Å². The van der Waals surface area contributed by atoms with E-state index in [9.17, 15) is 4.79 Å². The van der Waals surface area contributed by atoms with Gasteiger partial charge in [0.05, 0.1) is 5.69 Å². The maximum atomic E-state index is 12.9. The lowest BCUT2D eigenvalue weighted by atomic mass is 10.1. The number of ether oxygens (including phenoxy) is 1. The topological polar surface area (TPSA) is 55.6 Å². The fraction of sp³-hybridized carbons (Fsp3) is 0.250. The minimum absolute atomic E-state index is 0.110. The van der Waals surface area contributed by atoms with Crippen LogP contribution in [-0.4, -0.2) is 12.5 Å². The number of hydrogen-bond donors (Lipinski definition) is 1. The quantitative estimate of drug-likeness (QED) is 0.680. The SMILES string of the molecule is CCCCN1C(=O)/C(=C\c2ccc(C)cc2)Oc2cc(N)ccc21. The molecule has 1 aliphatic rings.